The van der Waals surface area contributed by atoms with Crippen LogP contribution in [0.25, 0.3) is 0 Å². The standard InChI is InChI=1S/C18H35N3O7/c1-14(26)3-2-4-17-5-21(20-19-17)18(12-27-10-15(6-22)7-23)13-28-11-16(8-24)9-25/h5,15-16,18-20,22-25H,2-4,6-13H2,1H3. The molecule has 1 rings (SSSR count). The Morgan fingerprint density at radius 2 is 1.54 bits per heavy atom. The Kier molecular flexibility index (Phi) is 13.0. The van der Waals surface area contributed by atoms with Gasteiger partial charge in [-0.25, -0.2) is 0 Å². The number of aliphatic hydroxyl groups is 4. The van der Waals surface area contributed by atoms with Crippen LogP contribution in [0.3, 0.4) is 0 Å². The van der Waals surface area contributed by atoms with Crippen LogP contribution in [-0.4, -0.2) is 90.1 Å². The van der Waals surface area contributed by atoms with Crippen LogP contribution in [0.2, 0.25) is 0 Å². The lowest BCUT2D eigenvalue weighted by molar-refractivity contribution is -0.117. The number of carbonyl (C=O) groups is 1. The molecule has 0 bridgehead atoms. The highest BCUT2D eigenvalue weighted by atomic mass is 16.5. The molecule has 0 radical (unpaired) electrons. The van der Waals surface area contributed by atoms with E-state index in [-0.39, 0.29) is 76.5 Å². The fraction of sp³-hybridized carbons (Fsp3) is 0.833. The quantitative estimate of drug-likeness (QED) is 0.169. The number of nitrogens with one attached hydrogen (secondary N) is 2. The fourth-order valence-corrected chi connectivity index (χ4v) is 2.50. The summed E-state index contributed by atoms with van der Waals surface area (Å²) < 4.78 is 11.3. The highest BCUT2D eigenvalue weighted by Gasteiger charge is 2.22. The predicted octanol–water partition coefficient (Wildman–Crippen LogP) is -1.48. The molecule has 1 heterocycles. The minimum Gasteiger partial charge on any atom is -0.396 e. The van der Waals surface area contributed by atoms with Gasteiger partial charge in [0.05, 0.1) is 58.9 Å². The van der Waals surface area contributed by atoms with E-state index in [0.717, 1.165) is 18.5 Å². The first-order chi connectivity index (χ1) is 13.5. The minimum atomic E-state index is -0.336. The predicted molar refractivity (Wildman–Crippen MR) is 101 cm³/mol. The Labute approximate surface area is 166 Å². The molecule has 164 valence electrons. The molecule has 0 spiro atoms. The summed E-state index contributed by atoms with van der Waals surface area (Å²) in [5.74, 6) is -0.512. The summed E-state index contributed by atoms with van der Waals surface area (Å²) in [5, 5.41) is 38.4. The van der Waals surface area contributed by atoms with Crippen LogP contribution in [0, 0.1) is 11.8 Å². The molecule has 0 fully saturated rings. The van der Waals surface area contributed by atoms with E-state index in [2.05, 4.69) is 11.0 Å². The normalized spacial score (nSPS) is 14.3. The number of hydrogen-bond donors (Lipinski definition) is 6. The molecule has 6 N–H and O–H groups in total. The monoisotopic (exact) mass is 405 g/mol. The largest absolute Gasteiger partial charge is 0.396 e. The van der Waals surface area contributed by atoms with E-state index >= 15 is 0 Å². The summed E-state index contributed by atoms with van der Waals surface area (Å²) in [7, 11) is 0. The van der Waals surface area contributed by atoms with Gasteiger partial charge in [-0.3, -0.25) is 5.01 Å². The average molecular weight is 405 g/mol. The Morgan fingerprint density at radius 3 is 2.00 bits per heavy atom. The molecule has 0 atom stereocenters. The summed E-state index contributed by atoms with van der Waals surface area (Å²) in [5.41, 5.74) is 7.03. The Bertz CT molecular complexity index is 438. The summed E-state index contributed by atoms with van der Waals surface area (Å²) >= 11 is 0. The van der Waals surface area contributed by atoms with Crippen LogP contribution in [0.15, 0.2) is 11.9 Å². The maximum absolute atomic E-state index is 11.1. The summed E-state index contributed by atoms with van der Waals surface area (Å²) in [6, 6.07) is -0.214. The first kappa shape index (κ1) is 24.8. The molecule has 0 amide bonds. The Morgan fingerprint density at radius 1 is 1.00 bits per heavy atom. The summed E-state index contributed by atoms with van der Waals surface area (Å²) in [6.07, 6.45) is 3.90. The van der Waals surface area contributed by atoms with Crippen molar-refractivity contribution in [2.75, 3.05) is 52.9 Å². The fourth-order valence-electron chi connectivity index (χ4n) is 2.50. The lowest BCUT2D eigenvalue weighted by Crippen LogP contribution is -2.48. The smallest absolute Gasteiger partial charge is 0.129 e. The van der Waals surface area contributed by atoms with Crippen LogP contribution in [0.1, 0.15) is 26.2 Å². The van der Waals surface area contributed by atoms with E-state index in [9.17, 15) is 4.79 Å². The lowest BCUT2D eigenvalue weighted by atomic mass is 10.1. The van der Waals surface area contributed by atoms with Crippen molar-refractivity contribution in [1.82, 2.24) is 16.0 Å². The number of hydrogen-bond acceptors (Lipinski definition) is 10. The van der Waals surface area contributed by atoms with E-state index in [4.69, 9.17) is 29.9 Å². The average Bonchev–Trinajstić information content (AvgIpc) is 3.15. The van der Waals surface area contributed by atoms with Gasteiger partial charge in [-0.15, -0.1) is 5.53 Å². The molecule has 0 saturated carbocycles. The Hall–Kier alpha value is -1.27. The first-order valence-corrected chi connectivity index (χ1v) is 9.63. The van der Waals surface area contributed by atoms with Gasteiger partial charge in [-0.2, -0.15) is 0 Å². The maximum Gasteiger partial charge on any atom is 0.129 e. The van der Waals surface area contributed by atoms with Crippen molar-refractivity contribution in [2.45, 2.75) is 32.2 Å². The van der Waals surface area contributed by atoms with Crippen molar-refractivity contribution in [2.24, 2.45) is 11.8 Å². The first-order valence-electron chi connectivity index (χ1n) is 9.63. The zero-order valence-corrected chi connectivity index (χ0v) is 16.5. The molecule has 0 unspecified atom stereocenters. The molecule has 0 saturated heterocycles. The number of allylic oxidation sites excluding steroid dienone is 1. The summed E-state index contributed by atoms with van der Waals surface area (Å²) in [4.78, 5) is 11.1. The number of rotatable bonds is 17. The van der Waals surface area contributed by atoms with E-state index in [1.54, 1.807) is 6.92 Å². The molecule has 10 nitrogen and oxygen atoms in total. The van der Waals surface area contributed by atoms with Crippen LogP contribution in [-0.2, 0) is 14.3 Å². The second-order valence-electron chi connectivity index (χ2n) is 7.05. The molecule has 0 aromatic carbocycles. The van der Waals surface area contributed by atoms with E-state index in [1.807, 2.05) is 11.2 Å². The van der Waals surface area contributed by atoms with Crippen LogP contribution < -0.4 is 11.0 Å². The number of ether oxygens (including phenoxy) is 2. The molecular formula is C18H35N3O7. The van der Waals surface area contributed by atoms with Gasteiger partial charge < -0.3 is 40.1 Å². The summed E-state index contributed by atoms with van der Waals surface area (Å²) in [6.45, 7) is 1.95. The third-order valence-corrected chi connectivity index (χ3v) is 4.37. The van der Waals surface area contributed by atoms with E-state index < -0.39 is 0 Å². The number of nitrogens with zero attached hydrogens (tertiary/aromatic N) is 1. The molecule has 28 heavy (non-hydrogen) atoms. The zero-order valence-electron chi connectivity index (χ0n) is 16.5. The molecule has 1 aliphatic rings. The van der Waals surface area contributed by atoms with Crippen LogP contribution in [0.4, 0.5) is 0 Å². The van der Waals surface area contributed by atoms with Gasteiger partial charge in [-0.05, 0) is 19.8 Å². The van der Waals surface area contributed by atoms with Crippen LogP contribution >= 0.6 is 0 Å². The molecular weight excluding hydrogens is 370 g/mol. The van der Waals surface area contributed by atoms with E-state index in [1.165, 1.54) is 0 Å². The number of ketones is 1. The van der Waals surface area contributed by atoms with Crippen molar-refractivity contribution in [3.63, 3.8) is 0 Å². The lowest BCUT2D eigenvalue weighted by Gasteiger charge is -2.28. The highest BCUT2D eigenvalue weighted by Crippen LogP contribution is 2.13. The van der Waals surface area contributed by atoms with Gasteiger partial charge in [0.25, 0.3) is 0 Å². The molecule has 0 aliphatic carbocycles. The van der Waals surface area contributed by atoms with Gasteiger partial charge in [0.2, 0.25) is 0 Å². The second-order valence-corrected chi connectivity index (χ2v) is 7.05. The van der Waals surface area contributed by atoms with Gasteiger partial charge in [-0.1, -0.05) is 0 Å². The minimum absolute atomic E-state index is 0.157. The SMILES string of the molecule is CC(=O)CCCC1=CN(C(COCC(CO)CO)COCC(CO)CO)NN1. The van der Waals surface area contributed by atoms with Gasteiger partial charge in [0, 0.05) is 30.2 Å². The third-order valence-electron chi connectivity index (χ3n) is 4.37. The van der Waals surface area contributed by atoms with Crippen molar-refractivity contribution in [1.29, 1.82) is 0 Å². The van der Waals surface area contributed by atoms with Crippen molar-refractivity contribution in [3.05, 3.63) is 11.9 Å². The van der Waals surface area contributed by atoms with Gasteiger partial charge >= 0.3 is 0 Å². The van der Waals surface area contributed by atoms with Crippen molar-refractivity contribution < 1.29 is 34.7 Å². The topological polar surface area (TPSA) is 144 Å². The number of Topliss-reactive ketones (excluding diaryl/α,β-unsaturated/α-hetero) is 1. The highest BCUT2D eigenvalue weighted by molar-refractivity contribution is 5.75. The maximum atomic E-state index is 11.1. The zero-order chi connectivity index (χ0) is 20.8. The van der Waals surface area contributed by atoms with Gasteiger partial charge in [0.1, 0.15) is 5.78 Å². The van der Waals surface area contributed by atoms with Crippen molar-refractivity contribution in [3.8, 4) is 0 Å². The number of carbonyl (C=O) groups excluding carboxylic acids is 1. The van der Waals surface area contributed by atoms with Crippen LogP contribution in [0.5, 0.6) is 0 Å². The number of aliphatic hydroxyl groups excluding tert-OH is 4. The van der Waals surface area contributed by atoms with E-state index in [0.29, 0.717) is 6.42 Å². The van der Waals surface area contributed by atoms with Crippen molar-refractivity contribution >= 4 is 5.78 Å². The second kappa shape index (κ2) is 14.7. The number of hydrazine groups is 2. The Balaban J connectivity index is 2.55. The third kappa shape index (κ3) is 9.78. The molecule has 10 heteroatoms. The van der Waals surface area contributed by atoms with Gasteiger partial charge in [0.15, 0.2) is 0 Å². The molecule has 0 aromatic rings. The molecule has 1 aliphatic heterocycles. The molecule has 0 aromatic heterocycles.